The molecular weight excluding hydrogens is 235 g/mol. The summed E-state index contributed by atoms with van der Waals surface area (Å²) in [4.78, 5) is 11.8. The Bertz CT molecular complexity index is 364. The second-order valence-corrected chi connectivity index (χ2v) is 4.14. The first kappa shape index (κ1) is 12.5. The maximum atomic E-state index is 11.8. The predicted octanol–water partition coefficient (Wildman–Crippen LogP) is 3.60. The summed E-state index contributed by atoms with van der Waals surface area (Å²) in [7, 11) is 1.57. The van der Waals surface area contributed by atoms with Gasteiger partial charge in [0.15, 0.2) is 5.78 Å². The SMILES string of the molecule is COC(C)CC(=O)c1cc(Cl)ccc1Cl. The molecule has 1 aromatic carbocycles. The van der Waals surface area contributed by atoms with E-state index in [0.29, 0.717) is 22.0 Å². The molecule has 0 aliphatic carbocycles. The fourth-order valence-electron chi connectivity index (χ4n) is 1.17. The summed E-state index contributed by atoms with van der Waals surface area (Å²) in [5.74, 6) is -0.0585. The third kappa shape index (κ3) is 3.49. The van der Waals surface area contributed by atoms with Gasteiger partial charge in [-0.25, -0.2) is 0 Å². The van der Waals surface area contributed by atoms with Crippen LogP contribution < -0.4 is 0 Å². The molecule has 82 valence electrons. The summed E-state index contributed by atoms with van der Waals surface area (Å²) in [6, 6.07) is 4.85. The van der Waals surface area contributed by atoms with Crippen LogP contribution in [0.2, 0.25) is 10.0 Å². The molecule has 0 N–H and O–H groups in total. The summed E-state index contributed by atoms with van der Waals surface area (Å²) in [5.41, 5.74) is 0.452. The van der Waals surface area contributed by atoms with Gasteiger partial charge in [-0.05, 0) is 25.1 Å². The van der Waals surface area contributed by atoms with Gasteiger partial charge in [0.25, 0.3) is 0 Å². The molecule has 0 spiro atoms. The number of ketones is 1. The van der Waals surface area contributed by atoms with Crippen molar-refractivity contribution in [2.45, 2.75) is 19.4 Å². The molecule has 0 saturated heterocycles. The number of hydrogen-bond acceptors (Lipinski definition) is 2. The van der Waals surface area contributed by atoms with Crippen LogP contribution in [0.1, 0.15) is 23.7 Å². The standard InChI is InChI=1S/C11H12Cl2O2/c1-7(15-2)5-11(14)9-6-8(12)3-4-10(9)13/h3-4,6-7H,5H2,1-2H3. The van der Waals surface area contributed by atoms with E-state index in [-0.39, 0.29) is 11.9 Å². The minimum absolute atomic E-state index is 0.0585. The molecule has 1 atom stereocenters. The van der Waals surface area contributed by atoms with Gasteiger partial charge in [-0.3, -0.25) is 4.79 Å². The minimum atomic E-state index is -0.118. The van der Waals surface area contributed by atoms with Crippen LogP contribution in [0.25, 0.3) is 0 Å². The molecule has 0 heterocycles. The van der Waals surface area contributed by atoms with Crippen molar-refractivity contribution in [3.8, 4) is 0 Å². The highest BCUT2D eigenvalue weighted by atomic mass is 35.5. The Labute approximate surface area is 99.1 Å². The highest BCUT2D eigenvalue weighted by Gasteiger charge is 2.14. The van der Waals surface area contributed by atoms with Crippen molar-refractivity contribution < 1.29 is 9.53 Å². The average molecular weight is 247 g/mol. The van der Waals surface area contributed by atoms with Crippen LogP contribution >= 0.6 is 23.2 Å². The lowest BCUT2D eigenvalue weighted by Gasteiger charge is -2.09. The number of hydrogen-bond donors (Lipinski definition) is 0. The van der Waals surface area contributed by atoms with E-state index >= 15 is 0 Å². The third-order valence-electron chi connectivity index (χ3n) is 2.10. The summed E-state index contributed by atoms with van der Waals surface area (Å²) >= 11 is 11.7. The highest BCUT2D eigenvalue weighted by Crippen LogP contribution is 2.22. The molecule has 0 aliphatic rings. The maximum Gasteiger partial charge on any atom is 0.166 e. The molecule has 1 aromatic rings. The quantitative estimate of drug-likeness (QED) is 0.760. The van der Waals surface area contributed by atoms with Gasteiger partial charge < -0.3 is 4.74 Å². The molecule has 15 heavy (non-hydrogen) atoms. The van der Waals surface area contributed by atoms with Gasteiger partial charge in [-0.1, -0.05) is 23.2 Å². The van der Waals surface area contributed by atoms with Gasteiger partial charge in [-0.15, -0.1) is 0 Å². The van der Waals surface area contributed by atoms with Crippen molar-refractivity contribution in [3.63, 3.8) is 0 Å². The summed E-state index contributed by atoms with van der Waals surface area (Å²) in [6.07, 6.45) is 0.184. The highest BCUT2D eigenvalue weighted by molar-refractivity contribution is 6.35. The number of Topliss-reactive ketones (excluding diaryl/α,β-unsaturated/α-hetero) is 1. The zero-order valence-corrected chi connectivity index (χ0v) is 10.1. The van der Waals surface area contributed by atoms with Crippen LogP contribution in [-0.4, -0.2) is 19.0 Å². The number of benzene rings is 1. The number of halogens is 2. The Balaban J connectivity index is 2.86. The van der Waals surface area contributed by atoms with Crippen LogP contribution in [0.5, 0.6) is 0 Å². The normalized spacial score (nSPS) is 12.5. The number of rotatable bonds is 4. The van der Waals surface area contributed by atoms with E-state index in [4.69, 9.17) is 27.9 Å². The second kappa shape index (κ2) is 5.50. The summed E-state index contributed by atoms with van der Waals surface area (Å²) < 4.78 is 5.02. The molecule has 0 saturated carbocycles. The smallest absolute Gasteiger partial charge is 0.166 e. The van der Waals surface area contributed by atoms with Gasteiger partial charge in [0.1, 0.15) is 0 Å². The van der Waals surface area contributed by atoms with E-state index in [0.717, 1.165) is 0 Å². The fraction of sp³-hybridized carbons (Fsp3) is 0.364. The lowest BCUT2D eigenvalue weighted by Crippen LogP contribution is -2.12. The van der Waals surface area contributed by atoms with Crippen molar-refractivity contribution in [2.75, 3.05) is 7.11 Å². The fourth-order valence-corrected chi connectivity index (χ4v) is 1.56. The number of methoxy groups -OCH3 is 1. The van der Waals surface area contributed by atoms with Gasteiger partial charge in [-0.2, -0.15) is 0 Å². The van der Waals surface area contributed by atoms with E-state index in [9.17, 15) is 4.79 Å². The van der Waals surface area contributed by atoms with Crippen LogP contribution in [-0.2, 0) is 4.74 Å². The lowest BCUT2D eigenvalue weighted by atomic mass is 10.1. The summed E-state index contributed by atoms with van der Waals surface area (Å²) in [5, 5.41) is 0.931. The van der Waals surface area contributed by atoms with Crippen molar-refractivity contribution in [1.29, 1.82) is 0 Å². The van der Waals surface area contributed by atoms with Gasteiger partial charge in [0, 0.05) is 24.1 Å². The average Bonchev–Trinajstić information content (AvgIpc) is 2.21. The molecule has 1 unspecified atom stereocenters. The Hall–Kier alpha value is -0.570. The largest absolute Gasteiger partial charge is 0.381 e. The lowest BCUT2D eigenvalue weighted by molar-refractivity contribution is 0.0792. The van der Waals surface area contributed by atoms with Gasteiger partial charge in [0.05, 0.1) is 11.1 Å². The van der Waals surface area contributed by atoms with E-state index < -0.39 is 0 Å². The zero-order chi connectivity index (χ0) is 11.4. The Morgan fingerprint density at radius 2 is 2.13 bits per heavy atom. The summed E-state index contributed by atoms with van der Waals surface area (Å²) in [6.45, 7) is 1.83. The number of carbonyl (C=O) groups excluding carboxylic acids is 1. The first-order chi connectivity index (χ1) is 7.04. The second-order valence-electron chi connectivity index (χ2n) is 3.30. The first-order valence-corrected chi connectivity index (χ1v) is 5.31. The van der Waals surface area contributed by atoms with Crippen molar-refractivity contribution in [3.05, 3.63) is 33.8 Å². The van der Waals surface area contributed by atoms with Gasteiger partial charge in [0.2, 0.25) is 0 Å². The zero-order valence-electron chi connectivity index (χ0n) is 8.59. The molecular formula is C11H12Cl2O2. The van der Waals surface area contributed by atoms with Crippen LogP contribution in [0.15, 0.2) is 18.2 Å². The Morgan fingerprint density at radius 1 is 1.47 bits per heavy atom. The monoisotopic (exact) mass is 246 g/mol. The predicted molar refractivity (Wildman–Crippen MR) is 61.9 cm³/mol. The van der Waals surface area contributed by atoms with E-state index in [1.807, 2.05) is 6.92 Å². The maximum absolute atomic E-state index is 11.8. The van der Waals surface area contributed by atoms with Gasteiger partial charge >= 0.3 is 0 Å². The van der Waals surface area contributed by atoms with E-state index in [1.165, 1.54) is 0 Å². The van der Waals surface area contributed by atoms with Crippen molar-refractivity contribution >= 4 is 29.0 Å². The molecule has 0 amide bonds. The minimum Gasteiger partial charge on any atom is -0.381 e. The van der Waals surface area contributed by atoms with Crippen molar-refractivity contribution in [2.24, 2.45) is 0 Å². The molecule has 0 aliphatic heterocycles. The van der Waals surface area contributed by atoms with Crippen LogP contribution in [0, 0.1) is 0 Å². The molecule has 0 bridgehead atoms. The van der Waals surface area contributed by atoms with Crippen molar-refractivity contribution in [1.82, 2.24) is 0 Å². The number of ether oxygens (including phenoxy) is 1. The first-order valence-electron chi connectivity index (χ1n) is 4.55. The number of carbonyl (C=O) groups is 1. The van der Waals surface area contributed by atoms with Crippen LogP contribution in [0.3, 0.4) is 0 Å². The van der Waals surface area contributed by atoms with E-state index in [2.05, 4.69) is 0 Å². The molecule has 0 fully saturated rings. The van der Waals surface area contributed by atoms with E-state index in [1.54, 1.807) is 25.3 Å². The van der Waals surface area contributed by atoms with Crippen LogP contribution in [0.4, 0.5) is 0 Å². The molecule has 4 heteroatoms. The Morgan fingerprint density at radius 3 is 2.73 bits per heavy atom. The third-order valence-corrected chi connectivity index (χ3v) is 2.67. The molecule has 2 nitrogen and oxygen atoms in total. The molecule has 0 aromatic heterocycles. The molecule has 0 radical (unpaired) electrons. The topological polar surface area (TPSA) is 26.3 Å². The molecule has 1 rings (SSSR count). The Kier molecular flexibility index (Phi) is 4.58.